The quantitative estimate of drug-likeness (QED) is 0.673. The summed E-state index contributed by atoms with van der Waals surface area (Å²) in [5.74, 6) is 0.808. The third-order valence-corrected chi connectivity index (χ3v) is 8.02. The summed E-state index contributed by atoms with van der Waals surface area (Å²) in [5.41, 5.74) is 6.75. The van der Waals surface area contributed by atoms with Gasteiger partial charge in [0.25, 0.3) is 5.91 Å². The van der Waals surface area contributed by atoms with Crippen LogP contribution in [-0.4, -0.2) is 48.4 Å². The number of nitrogens with two attached hydrogens (primary N) is 1. The number of allylic oxidation sites excluding steroid dienone is 1. The molecule has 3 aliphatic rings. The van der Waals surface area contributed by atoms with Crippen molar-refractivity contribution in [2.75, 3.05) is 20.2 Å². The van der Waals surface area contributed by atoms with E-state index >= 15 is 0 Å². The van der Waals surface area contributed by atoms with Gasteiger partial charge in [-0.1, -0.05) is 11.8 Å². The summed E-state index contributed by atoms with van der Waals surface area (Å²) in [6, 6.07) is 0.476. The van der Waals surface area contributed by atoms with Crippen LogP contribution in [0, 0.1) is 11.8 Å². The van der Waals surface area contributed by atoms with Crippen molar-refractivity contribution in [1.29, 1.82) is 0 Å². The monoisotopic (exact) mass is 395 g/mol. The first-order chi connectivity index (χ1) is 13.0. The van der Waals surface area contributed by atoms with Gasteiger partial charge in [-0.3, -0.25) is 9.59 Å². The van der Waals surface area contributed by atoms with Gasteiger partial charge in [0, 0.05) is 18.2 Å². The molecule has 0 aromatic heterocycles. The Morgan fingerprint density at radius 2 is 1.85 bits per heavy atom. The molecule has 27 heavy (non-hydrogen) atoms. The normalized spacial score (nSPS) is 29.9. The second kappa shape index (κ2) is 9.32. The minimum atomic E-state index is -0.286. The van der Waals surface area contributed by atoms with E-state index < -0.39 is 0 Å². The zero-order chi connectivity index (χ0) is 19.4. The number of nitrogens with one attached hydrogen (secondary N) is 1. The molecule has 7 heteroatoms. The Bertz CT molecular complexity index is 581. The number of ether oxygens (including phenoxy) is 1. The lowest BCUT2D eigenvalue weighted by Crippen LogP contribution is -2.45. The van der Waals surface area contributed by atoms with Gasteiger partial charge in [0.1, 0.15) is 0 Å². The number of rotatable bonds is 6. The maximum atomic E-state index is 12.0. The molecule has 1 unspecified atom stereocenters. The van der Waals surface area contributed by atoms with E-state index in [0.29, 0.717) is 29.7 Å². The van der Waals surface area contributed by atoms with Crippen LogP contribution in [0.5, 0.6) is 0 Å². The number of thioether (sulfide) groups is 1. The average Bonchev–Trinajstić information content (AvgIpc) is 3.04. The van der Waals surface area contributed by atoms with E-state index in [-0.39, 0.29) is 11.9 Å². The van der Waals surface area contributed by atoms with E-state index in [4.69, 9.17) is 10.5 Å². The minimum Gasteiger partial charge on any atom is -0.469 e. The van der Waals surface area contributed by atoms with Gasteiger partial charge in [-0.15, -0.1) is 0 Å². The van der Waals surface area contributed by atoms with E-state index in [9.17, 15) is 9.59 Å². The molecule has 3 rings (SSSR count). The highest BCUT2D eigenvalue weighted by atomic mass is 32.2. The first-order valence-electron chi connectivity index (χ1n) is 10.2. The number of methoxy groups -OCH3 is 1. The number of hydrogen-bond donors (Lipinski definition) is 2. The molecule has 1 saturated heterocycles. The minimum absolute atomic E-state index is 0.107. The van der Waals surface area contributed by atoms with Gasteiger partial charge in [-0.25, -0.2) is 0 Å². The molecule has 0 bridgehead atoms. The van der Waals surface area contributed by atoms with E-state index in [0.717, 1.165) is 68.6 Å². The molecule has 3 N–H and O–H groups in total. The van der Waals surface area contributed by atoms with Crippen molar-refractivity contribution in [1.82, 2.24) is 10.2 Å². The second-order valence-electron chi connectivity index (χ2n) is 8.07. The molecule has 2 heterocycles. The van der Waals surface area contributed by atoms with Gasteiger partial charge in [0.15, 0.2) is 0 Å². The van der Waals surface area contributed by atoms with Crippen molar-refractivity contribution in [2.45, 2.75) is 69.7 Å². The summed E-state index contributed by atoms with van der Waals surface area (Å²) in [7, 11) is 1.45. The molecule has 152 valence electrons. The lowest BCUT2D eigenvalue weighted by molar-refractivity contribution is -0.141. The molecule has 2 aliphatic heterocycles. The van der Waals surface area contributed by atoms with Crippen LogP contribution >= 0.6 is 11.8 Å². The molecular weight excluding hydrogens is 362 g/mol. The van der Waals surface area contributed by atoms with Crippen molar-refractivity contribution >= 4 is 23.6 Å². The van der Waals surface area contributed by atoms with E-state index in [2.05, 4.69) is 17.1 Å². The second-order valence-corrected chi connectivity index (χ2v) is 9.20. The molecule has 0 spiro atoms. The van der Waals surface area contributed by atoms with Gasteiger partial charge in [0.2, 0.25) is 0 Å². The number of carbonyl (C=O) groups is 2. The molecule has 0 aromatic carbocycles. The van der Waals surface area contributed by atoms with Crippen molar-refractivity contribution in [3.63, 3.8) is 0 Å². The van der Waals surface area contributed by atoms with Gasteiger partial charge in [0.05, 0.1) is 17.4 Å². The SMILES string of the molecule is COC(=O)CCC1CCC(N2C(C)=C(C(N)=O)SC2C2CCNCC2)CC1. The zero-order valence-corrected chi connectivity index (χ0v) is 17.4. The van der Waals surface area contributed by atoms with Crippen LogP contribution in [0.4, 0.5) is 0 Å². The Balaban J connectivity index is 1.64. The summed E-state index contributed by atoms with van der Waals surface area (Å²) in [4.78, 5) is 26.6. The van der Waals surface area contributed by atoms with Gasteiger partial charge in [-0.05, 0) is 76.8 Å². The fourth-order valence-corrected chi connectivity index (χ4v) is 6.42. The lowest BCUT2D eigenvalue weighted by Gasteiger charge is -2.43. The van der Waals surface area contributed by atoms with Crippen LogP contribution in [0.25, 0.3) is 0 Å². The molecule has 6 nitrogen and oxygen atoms in total. The summed E-state index contributed by atoms with van der Waals surface area (Å²) < 4.78 is 4.77. The van der Waals surface area contributed by atoms with Crippen LogP contribution in [0.3, 0.4) is 0 Å². The van der Waals surface area contributed by atoms with Crippen LogP contribution in [0.15, 0.2) is 10.6 Å². The van der Waals surface area contributed by atoms with E-state index in [1.807, 2.05) is 0 Å². The fraction of sp³-hybridized carbons (Fsp3) is 0.800. The number of piperidine rings is 1. The van der Waals surface area contributed by atoms with Crippen LogP contribution < -0.4 is 11.1 Å². The fourth-order valence-electron chi connectivity index (χ4n) is 4.88. The Morgan fingerprint density at radius 3 is 2.44 bits per heavy atom. The first kappa shape index (κ1) is 20.5. The van der Waals surface area contributed by atoms with Gasteiger partial charge < -0.3 is 20.7 Å². The molecule has 1 amide bonds. The number of carbonyl (C=O) groups excluding carboxylic acids is 2. The molecule has 1 atom stereocenters. The third-order valence-electron chi connectivity index (χ3n) is 6.43. The van der Waals surface area contributed by atoms with Crippen molar-refractivity contribution < 1.29 is 14.3 Å². The third kappa shape index (κ3) is 4.80. The molecule has 2 fully saturated rings. The van der Waals surface area contributed by atoms with E-state index in [1.54, 1.807) is 11.8 Å². The number of amides is 1. The van der Waals surface area contributed by atoms with Crippen LogP contribution in [0.1, 0.15) is 58.3 Å². The average molecular weight is 396 g/mol. The number of esters is 1. The Labute approximate surface area is 166 Å². The van der Waals surface area contributed by atoms with Crippen LogP contribution in [-0.2, 0) is 14.3 Å². The first-order valence-corrected chi connectivity index (χ1v) is 11.1. The standard InChI is InChI=1S/C20H33N3O3S/c1-13-18(19(21)25)27-20(15-9-11-22-12-10-15)23(13)16-6-3-14(4-7-16)5-8-17(24)26-2/h14-16,20,22H,3-12H2,1-2H3,(H2,21,25). The highest BCUT2D eigenvalue weighted by molar-refractivity contribution is 8.04. The van der Waals surface area contributed by atoms with Gasteiger partial charge >= 0.3 is 5.97 Å². The molecule has 1 saturated carbocycles. The Morgan fingerprint density at radius 1 is 1.19 bits per heavy atom. The predicted octanol–water partition coefficient (Wildman–Crippen LogP) is 2.59. The van der Waals surface area contributed by atoms with Gasteiger partial charge in [-0.2, -0.15) is 0 Å². The van der Waals surface area contributed by atoms with Crippen molar-refractivity contribution in [3.8, 4) is 0 Å². The maximum absolute atomic E-state index is 12.0. The highest BCUT2D eigenvalue weighted by Gasteiger charge is 2.42. The smallest absolute Gasteiger partial charge is 0.305 e. The zero-order valence-electron chi connectivity index (χ0n) is 16.5. The summed E-state index contributed by atoms with van der Waals surface area (Å²) in [5, 5.41) is 3.78. The summed E-state index contributed by atoms with van der Waals surface area (Å²) in [6.07, 6.45) is 8.28. The van der Waals surface area contributed by atoms with Crippen molar-refractivity contribution in [3.05, 3.63) is 10.6 Å². The van der Waals surface area contributed by atoms with Crippen molar-refractivity contribution in [2.24, 2.45) is 17.6 Å². The maximum Gasteiger partial charge on any atom is 0.305 e. The Hall–Kier alpha value is -1.21. The number of primary amides is 1. The molecule has 0 radical (unpaired) electrons. The molecule has 0 aromatic rings. The number of nitrogens with zero attached hydrogens (tertiary/aromatic N) is 1. The highest BCUT2D eigenvalue weighted by Crippen LogP contribution is 2.47. The molecule has 1 aliphatic carbocycles. The lowest BCUT2D eigenvalue weighted by atomic mass is 9.82. The summed E-state index contributed by atoms with van der Waals surface area (Å²) >= 11 is 1.70. The Kier molecular flexibility index (Phi) is 7.09. The molecular formula is C20H33N3O3S. The predicted molar refractivity (Wildman–Crippen MR) is 108 cm³/mol. The largest absolute Gasteiger partial charge is 0.469 e. The number of hydrogen-bond acceptors (Lipinski definition) is 6. The topological polar surface area (TPSA) is 84.7 Å². The van der Waals surface area contributed by atoms with Crippen LogP contribution in [0.2, 0.25) is 0 Å². The van der Waals surface area contributed by atoms with E-state index in [1.165, 1.54) is 7.11 Å². The summed E-state index contributed by atoms with van der Waals surface area (Å²) in [6.45, 7) is 4.18.